The highest BCUT2D eigenvalue weighted by Gasteiger charge is 2.03. The minimum Gasteiger partial charge on any atom is -0.465 e. The maximum Gasteiger partial charge on any atom is 0.404 e. The Bertz CT molecular complexity index is 519. The first-order valence-corrected chi connectivity index (χ1v) is 4.98. The Hall–Kier alpha value is -2.04. The summed E-state index contributed by atoms with van der Waals surface area (Å²) in [7, 11) is 0. The second-order valence-corrected chi connectivity index (χ2v) is 3.52. The maximum atomic E-state index is 10.3. The van der Waals surface area contributed by atoms with Crippen molar-refractivity contribution in [1.82, 2.24) is 10.3 Å². The van der Waals surface area contributed by atoms with Gasteiger partial charge in [-0.25, -0.2) is 9.78 Å². The van der Waals surface area contributed by atoms with E-state index in [0.29, 0.717) is 18.9 Å². The van der Waals surface area contributed by atoms with Crippen LogP contribution in [-0.4, -0.2) is 22.7 Å². The molecule has 0 spiro atoms. The molecule has 1 aromatic carbocycles. The number of rotatable bonds is 3. The highest BCUT2D eigenvalue weighted by atomic mass is 16.4. The van der Waals surface area contributed by atoms with Gasteiger partial charge < -0.3 is 14.8 Å². The van der Waals surface area contributed by atoms with Gasteiger partial charge in [0, 0.05) is 13.5 Å². The van der Waals surface area contributed by atoms with Crippen LogP contribution in [0.25, 0.3) is 11.1 Å². The molecule has 1 amide bonds. The van der Waals surface area contributed by atoms with E-state index in [9.17, 15) is 4.79 Å². The van der Waals surface area contributed by atoms with Crippen LogP contribution in [0.3, 0.4) is 0 Å². The number of nitrogens with one attached hydrogen (secondary N) is 1. The topological polar surface area (TPSA) is 75.4 Å². The fourth-order valence-corrected chi connectivity index (χ4v) is 1.56. The van der Waals surface area contributed by atoms with Gasteiger partial charge in [0.1, 0.15) is 5.52 Å². The van der Waals surface area contributed by atoms with Gasteiger partial charge in [0.05, 0.1) is 0 Å². The van der Waals surface area contributed by atoms with Gasteiger partial charge in [0.25, 0.3) is 0 Å². The second-order valence-electron chi connectivity index (χ2n) is 3.52. The molecule has 0 aliphatic carbocycles. The van der Waals surface area contributed by atoms with Gasteiger partial charge in [-0.2, -0.15) is 0 Å². The summed E-state index contributed by atoms with van der Waals surface area (Å²) in [6, 6.07) is 5.68. The third kappa shape index (κ3) is 2.31. The lowest BCUT2D eigenvalue weighted by Gasteiger charge is -2.00. The van der Waals surface area contributed by atoms with Gasteiger partial charge in [-0.3, -0.25) is 0 Å². The SMILES string of the molecule is Cc1nc2cc(CCNC(=O)O)ccc2o1. The Labute approximate surface area is 92.1 Å². The van der Waals surface area contributed by atoms with Gasteiger partial charge in [0.15, 0.2) is 11.5 Å². The average molecular weight is 220 g/mol. The first kappa shape index (κ1) is 10.5. The van der Waals surface area contributed by atoms with Crippen LogP contribution in [-0.2, 0) is 6.42 Å². The summed E-state index contributed by atoms with van der Waals surface area (Å²) in [5, 5.41) is 10.7. The molecule has 0 aliphatic heterocycles. The van der Waals surface area contributed by atoms with Crippen molar-refractivity contribution < 1.29 is 14.3 Å². The van der Waals surface area contributed by atoms with Crippen molar-refractivity contribution >= 4 is 17.2 Å². The normalized spacial score (nSPS) is 10.6. The summed E-state index contributed by atoms with van der Waals surface area (Å²) in [5.74, 6) is 0.635. The minimum atomic E-state index is -1.00. The quantitative estimate of drug-likeness (QED) is 0.828. The number of benzene rings is 1. The third-order valence-electron chi connectivity index (χ3n) is 2.25. The number of amides is 1. The van der Waals surface area contributed by atoms with E-state index < -0.39 is 6.09 Å². The summed E-state index contributed by atoms with van der Waals surface area (Å²) in [6.45, 7) is 2.20. The van der Waals surface area contributed by atoms with Crippen LogP contribution in [0, 0.1) is 6.92 Å². The predicted octanol–water partition coefficient (Wildman–Crippen LogP) is 1.95. The van der Waals surface area contributed by atoms with Crippen molar-refractivity contribution in [1.29, 1.82) is 0 Å². The number of oxazole rings is 1. The molecule has 5 heteroatoms. The highest BCUT2D eigenvalue weighted by molar-refractivity contribution is 5.73. The zero-order chi connectivity index (χ0) is 11.5. The number of carboxylic acid groups (broad SMARTS) is 1. The number of aromatic nitrogens is 1. The molecule has 0 unspecified atom stereocenters. The summed E-state index contributed by atoms with van der Waals surface area (Å²) < 4.78 is 5.34. The predicted molar refractivity (Wildman–Crippen MR) is 58.5 cm³/mol. The van der Waals surface area contributed by atoms with Gasteiger partial charge in [0.2, 0.25) is 0 Å². The molecule has 5 nitrogen and oxygen atoms in total. The molecule has 2 N–H and O–H groups in total. The van der Waals surface area contributed by atoms with E-state index in [1.54, 1.807) is 6.92 Å². The molecular weight excluding hydrogens is 208 g/mol. The monoisotopic (exact) mass is 220 g/mol. The zero-order valence-corrected chi connectivity index (χ0v) is 8.86. The van der Waals surface area contributed by atoms with Crippen LogP contribution in [0.5, 0.6) is 0 Å². The van der Waals surface area contributed by atoms with Crippen molar-refractivity contribution in [3.63, 3.8) is 0 Å². The molecule has 84 valence electrons. The van der Waals surface area contributed by atoms with Gasteiger partial charge in [-0.05, 0) is 24.1 Å². The van der Waals surface area contributed by atoms with Crippen molar-refractivity contribution in [3.05, 3.63) is 29.7 Å². The first-order chi connectivity index (χ1) is 7.65. The Morgan fingerprint density at radius 1 is 1.56 bits per heavy atom. The third-order valence-corrected chi connectivity index (χ3v) is 2.25. The number of aryl methyl sites for hydroxylation is 1. The number of nitrogens with zero attached hydrogens (tertiary/aromatic N) is 1. The van der Waals surface area contributed by atoms with Crippen molar-refractivity contribution in [2.24, 2.45) is 0 Å². The Morgan fingerprint density at radius 3 is 3.12 bits per heavy atom. The molecule has 0 aliphatic rings. The fraction of sp³-hybridized carbons (Fsp3) is 0.273. The number of hydrogen-bond acceptors (Lipinski definition) is 3. The van der Waals surface area contributed by atoms with Crippen LogP contribution in [0.15, 0.2) is 22.6 Å². The van der Waals surface area contributed by atoms with E-state index in [4.69, 9.17) is 9.52 Å². The number of fused-ring (bicyclic) bond motifs is 1. The fourth-order valence-electron chi connectivity index (χ4n) is 1.56. The maximum absolute atomic E-state index is 10.3. The summed E-state index contributed by atoms with van der Waals surface area (Å²) in [4.78, 5) is 14.5. The van der Waals surface area contributed by atoms with Crippen LogP contribution in [0.2, 0.25) is 0 Å². The lowest BCUT2D eigenvalue weighted by Crippen LogP contribution is -2.23. The molecule has 0 saturated heterocycles. The van der Waals surface area contributed by atoms with E-state index in [0.717, 1.165) is 16.7 Å². The van der Waals surface area contributed by atoms with Crippen molar-refractivity contribution in [2.45, 2.75) is 13.3 Å². The van der Waals surface area contributed by atoms with Crippen LogP contribution in [0.1, 0.15) is 11.5 Å². The molecular formula is C11H12N2O3. The Balaban J connectivity index is 2.10. The van der Waals surface area contributed by atoms with E-state index in [-0.39, 0.29) is 0 Å². The van der Waals surface area contributed by atoms with Gasteiger partial charge >= 0.3 is 6.09 Å². The first-order valence-electron chi connectivity index (χ1n) is 4.98. The number of hydrogen-bond donors (Lipinski definition) is 2. The smallest absolute Gasteiger partial charge is 0.404 e. The summed E-state index contributed by atoms with van der Waals surface area (Å²) in [6.07, 6.45) is -0.355. The average Bonchev–Trinajstić information content (AvgIpc) is 2.56. The molecule has 0 bridgehead atoms. The molecule has 0 saturated carbocycles. The van der Waals surface area contributed by atoms with Gasteiger partial charge in [-0.1, -0.05) is 6.07 Å². The standard InChI is InChI=1S/C11H12N2O3/c1-7-13-9-6-8(2-3-10(9)16-7)4-5-12-11(14)15/h2-3,6,12H,4-5H2,1H3,(H,14,15). The molecule has 0 radical (unpaired) electrons. The van der Waals surface area contributed by atoms with Crippen molar-refractivity contribution in [3.8, 4) is 0 Å². The number of carbonyl (C=O) groups is 1. The molecule has 16 heavy (non-hydrogen) atoms. The van der Waals surface area contributed by atoms with E-state index in [2.05, 4.69) is 10.3 Å². The zero-order valence-electron chi connectivity index (χ0n) is 8.86. The van der Waals surface area contributed by atoms with Gasteiger partial charge in [-0.15, -0.1) is 0 Å². The van der Waals surface area contributed by atoms with E-state index in [1.807, 2.05) is 18.2 Å². The lowest BCUT2D eigenvalue weighted by atomic mass is 10.1. The largest absolute Gasteiger partial charge is 0.465 e. The summed E-state index contributed by atoms with van der Waals surface area (Å²) >= 11 is 0. The van der Waals surface area contributed by atoms with E-state index in [1.165, 1.54) is 0 Å². The van der Waals surface area contributed by atoms with Crippen molar-refractivity contribution in [2.75, 3.05) is 6.54 Å². The Kier molecular flexibility index (Phi) is 2.76. The highest BCUT2D eigenvalue weighted by Crippen LogP contribution is 2.16. The lowest BCUT2D eigenvalue weighted by molar-refractivity contribution is 0.194. The molecule has 0 fully saturated rings. The van der Waals surface area contributed by atoms with Crippen LogP contribution >= 0.6 is 0 Å². The molecule has 2 aromatic rings. The molecule has 2 rings (SSSR count). The van der Waals surface area contributed by atoms with Crippen LogP contribution in [0.4, 0.5) is 4.79 Å². The summed E-state index contributed by atoms with van der Waals surface area (Å²) in [5.41, 5.74) is 2.60. The van der Waals surface area contributed by atoms with E-state index >= 15 is 0 Å². The van der Waals surface area contributed by atoms with Crippen LogP contribution < -0.4 is 5.32 Å². The Morgan fingerprint density at radius 2 is 2.38 bits per heavy atom. The second kappa shape index (κ2) is 4.22. The molecule has 1 aromatic heterocycles. The minimum absolute atomic E-state index is 0.400. The molecule has 0 atom stereocenters. The molecule has 1 heterocycles.